The zero-order valence-electron chi connectivity index (χ0n) is 17.1. The first-order chi connectivity index (χ1) is 13.9. The van der Waals surface area contributed by atoms with Gasteiger partial charge in [-0.05, 0) is 62.6 Å². The third-order valence-electron chi connectivity index (χ3n) is 5.33. The van der Waals surface area contributed by atoms with Gasteiger partial charge in [-0.2, -0.15) is 0 Å². The molecule has 148 valence electrons. The van der Waals surface area contributed by atoms with E-state index >= 15 is 0 Å². The molecule has 0 saturated heterocycles. The van der Waals surface area contributed by atoms with Crippen LogP contribution in [0.1, 0.15) is 41.8 Å². The summed E-state index contributed by atoms with van der Waals surface area (Å²) < 4.78 is 7.36. The number of hydrogen-bond acceptors (Lipinski definition) is 5. The molecule has 2 aromatic heterocycles. The number of aromatic nitrogens is 3. The lowest BCUT2D eigenvalue weighted by Gasteiger charge is -2.12. The Kier molecular flexibility index (Phi) is 4.70. The average molecular weight is 388 g/mol. The van der Waals surface area contributed by atoms with Crippen LogP contribution in [0.2, 0.25) is 0 Å². The van der Waals surface area contributed by atoms with Crippen LogP contribution in [0.3, 0.4) is 0 Å². The van der Waals surface area contributed by atoms with Gasteiger partial charge in [0, 0.05) is 5.69 Å². The van der Waals surface area contributed by atoms with Crippen LogP contribution in [0.15, 0.2) is 42.5 Å². The molecule has 6 nitrogen and oxygen atoms in total. The Morgan fingerprint density at radius 3 is 2.45 bits per heavy atom. The SMILES string of the molecule is CC[C@@H](C)OC(=O)c1c(N)n(-c2ccc(C)c(C)c2)c2nc3ccccc3nc12. The summed E-state index contributed by atoms with van der Waals surface area (Å²) in [6.45, 7) is 7.92. The summed E-state index contributed by atoms with van der Waals surface area (Å²) in [6, 6.07) is 13.6. The minimum atomic E-state index is -0.478. The van der Waals surface area contributed by atoms with Crippen LogP contribution in [0, 0.1) is 13.8 Å². The highest BCUT2D eigenvalue weighted by molar-refractivity contribution is 6.09. The fraction of sp³-hybridized carbons (Fsp3) is 0.261. The minimum Gasteiger partial charge on any atom is -0.459 e. The third-order valence-corrected chi connectivity index (χ3v) is 5.33. The minimum absolute atomic E-state index is 0.213. The lowest BCUT2D eigenvalue weighted by molar-refractivity contribution is 0.0338. The molecule has 0 fully saturated rings. The van der Waals surface area contributed by atoms with E-state index in [2.05, 4.69) is 6.92 Å². The summed E-state index contributed by atoms with van der Waals surface area (Å²) in [5.41, 5.74) is 12.3. The topological polar surface area (TPSA) is 83.0 Å². The van der Waals surface area contributed by atoms with Crippen LogP contribution in [0.5, 0.6) is 0 Å². The van der Waals surface area contributed by atoms with E-state index in [1.807, 2.05) is 63.2 Å². The molecule has 0 bridgehead atoms. The maximum Gasteiger partial charge on any atom is 0.344 e. The Labute approximate surface area is 169 Å². The molecule has 0 aliphatic carbocycles. The number of fused-ring (bicyclic) bond motifs is 2. The standard InChI is InChI=1S/C23H24N4O2/c1-5-15(4)29-23(28)19-20-22(26-18-9-7-6-8-17(18)25-20)27(21(19)24)16-11-10-13(2)14(3)12-16/h6-12,15H,5,24H2,1-4H3/t15-/m1/s1. The van der Waals surface area contributed by atoms with Crippen molar-refractivity contribution in [3.05, 3.63) is 59.2 Å². The summed E-state index contributed by atoms with van der Waals surface area (Å²) in [4.78, 5) is 22.5. The van der Waals surface area contributed by atoms with Gasteiger partial charge in [-0.3, -0.25) is 4.57 Å². The van der Waals surface area contributed by atoms with E-state index in [-0.39, 0.29) is 17.5 Å². The van der Waals surface area contributed by atoms with Crippen LogP contribution in [0.4, 0.5) is 5.82 Å². The van der Waals surface area contributed by atoms with Gasteiger partial charge in [0.25, 0.3) is 0 Å². The van der Waals surface area contributed by atoms with E-state index in [9.17, 15) is 4.79 Å². The summed E-state index contributed by atoms with van der Waals surface area (Å²) in [6.07, 6.45) is 0.506. The molecule has 6 heteroatoms. The molecular weight excluding hydrogens is 364 g/mol. The number of nitrogen functional groups attached to an aromatic ring is 1. The molecule has 1 atom stereocenters. The number of anilines is 1. The maximum atomic E-state index is 13.0. The number of carbonyl (C=O) groups excluding carboxylic acids is 1. The quantitative estimate of drug-likeness (QED) is 0.511. The van der Waals surface area contributed by atoms with E-state index in [0.717, 1.165) is 23.2 Å². The van der Waals surface area contributed by atoms with Crippen molar-refractivity contribution in [2.24, 2.45) is 0 Å². The fourth-order valence-corrected chi connectivity index (χ4v) is 3.31. The highest BCUT2D eigenvalue weighted by atomic mass is 16.5. The molecule has 0 aliphatic rings. The van der Waals surface area contributed by atoms with Crippen LogP contribution in [-0.4, -0.2) is 26.6 Å². The number of ether oxygens (including phenoxy) is 1. The van der Waals surface area contributed by atoms with Crippen molar-refractivity contribution in [1.82, 2.24) is 14.5 Å². The van der Waals surface area contributed by atoms with Crippen LogP contribution in [0.25, 0.3) is 27.9 Å². The highest BCUT2D eigenvalue weighted by Gasteiger charge is 2.26. The molecule has 0 amide bonds. The van der Waals surface area contributed by atoms with Crippen LogP contribution < -0.4 is 5.73 Å². The van der Waals surface area contributed by atoms with Gasteiger partial charge in [-0.1, -0.05) is 25.1 Å². The van der Waals surface area contributed by atoms with E-state index in [1.54, 1.807) is 4.57 Å². The molecule has 2 N–H and O–H groups in total. The molecule has 0 unspecified atom stereocenters. The van der Waals surface area contributed by atoms with Gasteiger partial charge in [0.15, 0.2) is 5.65 Å². The van der Waals surface area contributed by atoms with Gasteiger partial charge in [0.2, 0.25) is 0 Å². The van der Waals surface area contributed by atoms with E-state index in [4.69, 9.17) is 20.4 Å². The molecule has 4 rings (SSSR count). The van der Waals surface area contributed by atoms with Gasteiger partial charge in [0.1, 0.15) is 16.9 Å². The van der Waals surface area contributed by atoms with Crippen molar-refractivity contribution in [2.75, 3.05) is 5.73 Å². The van der Waals surface area contributed by atoms with Gasteiger partial charge >= 0.3 is 5.97 Å². The second kappa shape index (κ2) is 7.20. The average Bonchev–Trinajstić information content (AvgIpc) is 2.99. The third kappa shape index (κ3) is 3.20. The van der Waals surface area contributed by atoms with Crippen molar-refractivity contribution in [3.8, 4) is 5.69 Å². The summed E-state index contributed by atoms with van der Waals surface area (Å²) in [7, 11) is 0. The number of esters is 1. The number of aryl methyl sites for hydroxylation is 2. The maximum absolute atomic E-state index is 13.0. The van der Waals surface area contributed by atoms with Gasteiger partial charge in [-0.15, -0.1) is 0 Å². The molecule has 0 aliphatic heterocycles. The predicted molar refractivity (Wildman–Crippen MR) is 115 cm³/mol. The zero-order chi connectivity index (χ0) is 20.7. The highest BCUT2D eigenvalue weighted by Crippen LogP contribution is 2.32. The van der Waals surface area contributed by atoms with Gasteiger partial charge in [-0.25, -0.2) is 14.8 Å². The first kappa shape index (κ1) is 18.9. The lowest BCUT2D eigenvalue weighted by atomic mass is 10.1. The molecule has 29 heavy (non-hydrogen) atoms. The molecule has 2 aromatic carbocycles. The second-order valence-electron chi connectivity index (χ2n) is 7.37. The molecule has 0 saturated carbocycles. The molecule has 0 spiro atoms. The fourth-order valence-electron chi connectivity index (χ4n) is 3.31. The summed E-state index contributed by atoms with van der Waals surface area (Å²) in [5.74, 6) is -0.194. The number of nitrogens with two attached hydrogens (primary N) is 1. The molecular formula is C23H24N4O2. The number of carbonyl (C=O) groups is 1. The number of rotatable bonds is 4. The molecule has 0 radical (unpaired) electrons. The molecule has 2 heterocycles. The zero-order valence-corrected chi connectivity index (χ0v) is 17.1. The van der Waals surface area contributed by atoms with Crippen molar-refractivity contribution in [2.45, 2.75) is 40.2 Å². The smallest absolute Gasteiger partial charge is 0.344 e. The number of para-hydroxylation sites is 2. The van der Waals surface area contributed by atoms with E-state index in [0.29, 0.717) is 16.7 Å². The van der Waals surface area contributed by atoms with Crippen molar-refractivity contribution in [3.63, 3.8) is 0 Å². The second-order valence-corrected chi connectivity index (χ2v) is 7.37. The normalized spacial score (nSPS) is 12.4. The Hall–Kier alpha value is -3.41. The van der Waals surface area contributed by atoms with Crippen molar-refractivity contribution >= 4 is 34.0 Å². The first-order valence-electron chi connectivity index (χ1n) is 9.76. The van der Waals surface area contributed by atoms with E-state index < -0.39 is 5.97 Å². The van der Waals surface area contributed by atoms with Crippen molar-refractivity contribution < 1.29 is 9.53 Å². The van der Waals surface area contributed by atoms with E-state index in [1.165, 1.54) is 5.56 Å². The monoisotopic (exact) mass is 388 g/mol. The Bertz CT molecular complexity index is 1240. The number of benzene rings is 2. The molecule has 4 aromatic rings. The van der Waals surface area contributed by atoms with Gasteiger partial charge < -0.3 is 10.5 Å². The first-order valence-corrected chi connectivity index (χ1v) is 9.76. The Balaban J connectivity index is 2.04. The Morgan fingerprint density at radius 1 is 1.10 bits per heavy atom. The predicted octanol–water partition coefficient (Wildman–Crippen LogP) is 4.73. The summed E-state index contributed by atoms with van der Waals surface area (Å²) in [5, 5.41) is 0. The Morgan fingerprint density at radius 2 is 1.79 bits per heavy atom. The lowest BCUT2D eigenvalue weighted by Crippen LogP contribution is -2.15. The number of nitrogens with zero attached hydrogens (tertiary/aromatic N) is 3. The number of hydrogen-bond donors (Lipinski definition) is 1. The van der Waals surface area contributed by atoms with Crippen molar-refractivity contribution in [1.29, 1.82) is 0 Å². The van der Waals surface area contributed by atoms with Gasteiger partial charge in [0.05, 0.1) is 17.1 Å². The summed E-state index contributed by atoms with van der Waals surface area (Å²) >= 11 is 0. The van der Waals surface area contributed by atoms with Crippen LogP contribution in [-0.2, 0) is 4.74 Å². The van der Waals surface area contributed by atoms with Crippen LogP contribution >= 0.6 is 0 Å². The largest absolute Gasteiger partial charge is 0.459 e.